The fourth-order valence-corrected chi connectivity index (χ4v) is 3.01. The zero-order chi connectivity index (χ0) is 16.8. The van der Waals surface area contributed by atoms with E-state index < -0.39 is 17.7 Å². The zero-order valence-corrected chi connectivity index (χ0v) is 12.7. The molecule has 1 atom stereocenters. The van der Waals surface area contributed by atoms with Gasteiger partial charge in [0, 0.05) is 12.5 Å². The number of fused-ring (bicyclic) bond motifs is 3. The highest BCUT2D eigenvalue weighted by Crippen LogP contribution is 2.29. The van der Waals surface area contributed by atoms with Crippen molar-refractivity contribution in [3.05, 3.63) is 59.4 Å². The van der Waals surface area contributed by atoms with Crippen molar-refractivity contribution in [2.24, 2.45) is 0 Å². The van der Waals surface area contributed by atoms with Crippen molar-refractivity contribution in [2.75, 3.05) is 7.11 Å². The summed E-state index contributed by atoms with van der Waals surface area (Å²) in [6.45, 7) is 0. The van der Waals surface area contributed by atoms with Crippen LogP contribution in [0.25, 0.3) is 11.0 Å². The molecule has 1 aliphatic rings. The SMILES string of the molecule is COc1ccc(CC2NC(=O)n3c2nc2cc(F)ccc23)cc1F. The van der Waals surface area contributed by atoms with Crippen molar-refractivity contribution < 1.29 is 18.3 Å². The summed E-state index contributed by atoms with van der Waals surface area (Å²) in [6.07, 6.45) is 0.373. The maximum atomic E-state index is 13.8. The van der Waals surface area contributed by atoms with Crippen LogP contribution in [0.3, 0.4) is 0 Å². The third-order valence-electron chi connectivity index (χ3n) is 4.11. The lowest BCUT2D eigenvalue weighted by atomic mass is 10.1. The molecule has 1 aliphatic heterocycles. The van der Waals surface area contributed by atoms with Gasteiger partial charge in [-0.1, -0.05) is 6.07 Å². The molecule has 0 bridgehead atoms. The number of imidazole rings is 1. The van der Waals surface area contributed by atoms with E-state index in [2.05, 4.69) is 10.3 Å². The number of amides is 1. The minimum atomic E-state index is -0.463. The predicted molar refractivity (Wildman–Crippen MR) is 83.0 cm³/mol. The Morgan fingerprint density at radius 3 is 2.83 bits per heavy atom. The van der Waals surface area contributed by atoms with E-state index >= 15 is 0 Å². The Kier molecular flexibility index (Phi) is 3.23. The number of aromatic nitrogens is 2. The zero-order valence-electron chi connectivity index (χ0n) is 12.7. The van der Waals surface area contributed by atoms with Crippen LogP contribution in [0.15, 0.2) is 36.4 Å². The van der Waals surface area contributed by atoms with Crippen LogP contribution in [-0.4, -0.2) is 22.7 Å². The largest absolute Gasteiger partial charge is 0.494 e. The van der Waals surface area contributed by atoms with Gasteiger partial charge in [0.25, 0.3) is 0 Å². The number of hydrogen-bond acceptors (Lipinski definition) is 3. The highest BCUT2D eigenvalue weighted by Gasteiger charge is 2.32. The average Bonchev–Trinajstić information content (AvgIpc) is 3.05. The maximum absolute atomic E-state index is 13.8. The Labute approximate surface area is 135 Å². The molecule has 24 heavy (non-hydrogen) atoms. The van der Waals surface area contributed by atoms with Crippen LogP contribution in [0.4, 0.5) is 13.6 Å². The first-order valence-electron chi connectivity index (χ1n) is 7.38. The third kappa shape index (κ3) is 2.20. The number of nitrogens with one attached hydrogen (secondary N) is 1. The minimum Gasteiger partial charge on any atom is -0.494 e. The molecule has 0 spiro atoms. The van der Waals surface area contributed by atoms with Crippen molar-refractivity contribution in [1.29, 1.82) is 0 Å². The second-order valence-corrected chi connectivity index (χ2v) is 5.61. The van der Waals surface area contributed by atoms with Crippen LogP contribution in [0.5, 0.6) is 5.75 Å². The molecule has 5 nitrogen and oxygen atoms in total. The molecular formula is C17H13F2N3O2. The number of rotatable bonds is 3. The summed E-state index contributed by atoms with van der Waals surface area (Å²) in [6, 6.07) is 8.03. The average molecular weight is 329 g/mol. The van der Waals surface area contributed by atoms with Crippen molar-refractivity contribution in [2.45, 2.75) is 12.5 Å². The van der Waals surface area contributed by atoms with Gasteiger partial charge in [0.15, 0.2) is 11.6 Å². The second-order valence-electron chi connectivity index (χ2n) is 5.61. The minimum absolute atomic E-state index is 0.164. The smallest absolute Gasteiger partial charge is 0.328 e. The molecule has 4 rings (SSSR count). The number of nitrogens with zero attached hydrogens (tertiary/aromatic N) is 2. The van der Waals surface area contributed by atoms with E-state index in [-0.39, 0.29) is 11.8 Å². The Morgan fingerprint density at radius 2 is 2.08 bits per heavy atom. The quantitative estimate of drug-likeness (QED) is 0.803. The predicted octanol–water partition coefficient (Wildman–Crippen LogP) is 3.18. The highest BCUT2D eigenvalue weighted by molar-refractivity contribution is 5.92. The van der Waals surface area contributed by atoms with Gasteiger partial charge >= 0.3 is 6.03 Å². The van der Waals surface area contributed by atoms with Crippen molar-refractivity contribution >= 4 is 17.1 Å². The van der Waals surface area contributed by atoms with Gasteiger partial charge in [-0.05, 0) is 29.8 Å². The first-order chi connectivity index (χ1) is 11.6. The number of carbonyl (C=O) groups is 1. The number of ether oxygens (including phenoxy) is 1. The highest BCUT2D eigenvalue weighted by atomic mass is 19.1. The topological polar surface area (TPSA) is 56.1 Å². The van der Waals surface area contributed by atoms with E-state index in [1.54, 1.807) is 12.1 Å². The molecule has 0 saturated carbocycles. The van der Waals surface area contributed by atoms with E-state index in [1.165, 1.54) is 35.9 Å². The van der Waals surface area contributed by atoms with Gasteiger partial charge in [-0.15, -0.1) is 0 Å². The molecule has 7 heteroatoms. The standard InChI is InChI=1S/C17H13F2N3O2/c1-24-15-5-2-9(6-11(15)19)7-13-16-20-12-8-10(18)3-4-14(12)22(16)17(23)21-13/h2-6,8,13H,7H2,1H3,(H,21,23). The Balaban J connectivity index is 1.71. The molecule has 0 saturated heterocycles. The summed E-state index contributed by atoms with van der Waals surface area (Å²) in [7, 11) is 1.40. The first-order valence-corrected chi connectivity index (χ1v) is 7.38. The molecule has 0 aliphatic carbocycles. The second kappa shape index (κ2) is 5.30. The molecule has 1 aromatic heterocycles. The summed E-state index contributed by atoms with van der Waals surface area (Å²) in [5.41, 5.74) is 1.67. The third-order valence-corrected chi connectivity index (χ3v) is 4.11. The monoisotopic (exact) mass is 329 g/mol. The van der Waals surface area contributed by atoms with E-state index in [0.29, 0.717) is 28.8 Å². The Hall–Kier alpha value is -2.96. The van der Waals surface area contributed by atoms with Gasteiger partial charge in [-0.25, -0.2) is 23.1 Å². The number of methoxy groups -OCH3 is 1. The van der Waals surface area contributed by atoms with E-state index in [0.717, 1.165) is 0 Å². The summed E-state index contributed by atoms with van der Waals surface area (Å²) in [5, 5.41) is 2.82. The van der Waals surface area contributed by atoms with Crippen LogP contribution in [0.1, 0.15) is 17.4 Å². The number of carbonyl (C=O) groups excluding carboxylic acids is 1. The molecule has 0 fully saturated rings. The van der Waals surface area contributed by atoms with Crippen LogP contribution in [0.2, 0.25) is 0 Å². The molecule has 2 aromatic carbocycles. The van der Waals surface area contributed by atoms with Crippen LogP contribution >= 0.6 is 0 Å². The molecule has 2 heterocycles. The molecule has 122 valence electrons. The molecule has 3 aromatic rings. The fraction of sp³-hybridized carbons (Fsp3) is 0.176. The number of hydrogen-bond donors (Lipinski definition) is 1. The van der Waals surface area contributed by atoms with E-state index in [4.69, 9.17) is 4.74 Å². The van der Waals surface area contributed by atoms with Crippen molar-refractivity contribution in [1.82, 2.24) is 14.9 Å². The molecule has 1 unspecified atom stereocenters. The molecule has 1 N–H and O–H groups in total. The Morgan fingerprint density at radius 1 is 1.25 bits per heavy atom. The lowest BCUT2D eigenvalue weighted by Gasteiger charge is -2.10. The summed E-state index contributed by atoms with van der Waals surface area (Å²) in [4.78, 5) is 16.6. The first kappa shape index (κ1) is 14.6. The number of benzene rings is 2. The van der Waals surface area contributed by atoms with Crippen LogP contribution in [0, 0.1) is 11.6 Å². The van der Waals surface area contributed by atoms with Gasteiger partial charge in [0.05, 0.1) is 24.2 Å². The van der Waals surface area contributed by atoms with Gasteiger partial charge < -0.3 is 10.1 Å². The van der Waals surface area contributed by atoms with Gasteiger partial charge in [0.1, 0.15) is 11.6 Å². The lowest BCUT2D eigenvalue weighted by molar-refractivity contribution is 0.245. The fourth-order valence-electron chi connectivity index (χ4n) is 3.01. The number of halogens is 2. The summed E-state index contributed by atoms with van der Waals surface area (Å²) >= 11 is 0. The van der Waals surface area contributed by atoms with Crippen molar-refractivity contribution in [3.63, 3.8) is 0 Å². The maximum Gasteiger partial charge on any atom is 0.328 e. The van der Waals surface area contributed by atoms with Gasteiger partial charge in [-0.2, -0.15) is 0 Å². The van der Waals surface area contributed by atoms with E-state index in [9.17, 15) is 13.6 Å². The van der Waals surface area contributed by atoms with Crippen LogP contribution in [-0.2, 0) is 6.42 Å². The Bertz CT molecular complexity index is 968. The molecular weight excluding hydrogens is 316 g/mol. The van der Waals surface area contributed by atoms with Gasteiger partial charge in [-0.3, -0.25) is 0 Å². The molecule has 0 radical (unpaired) electrons. The van der Waals surface area contributed by atoms with Gasteiger partial charge in [0.2, 0.25) is 0 Å². The molecule has 1 amide bonds. The van der Waals surface area contributed by atoms with E-state index in [1.807, 2.05) is 0 Å². The normalized spacial score (nSPS) is 16.3. The lowest BCUT2D eigenvalue weighted by Crippen LogP contribution is -2.22. The summed E-state index contributed by atoms with van der Waals surface area (Å²) in [5.74, 6) is -0.211. The van der Waals surface area contributed by atoms with Crippen LogP contribution < -0.4 is 10.1 Å². The summed E-state index contributed by atoms with van der Waals surface area (Å²) < 4.78 is 33.5. The van der Waals surface area contributed by atoms with Crippen molar-refractivity contribution in [3.8, 4) is 5.75 Å².